The zero-order chi connectivity index (χ0) is 15.1. The molecule has 0 atom stereocenters. The Labute approximate surface area is 122 Å². The Balaban J connectivity index is 2.34. The molecule has 21 heavy (non-hydrogen) atoms. The quantitative estimate of drug-likeness (QED) is 0.704. The van der Waals surface area contributed by atoms with E-state index in [1.165, 1.54) is 0 Å². The van der Waals surface area contributed by atoms with E-state index in [0.717, 1.165) is 27.9 Å². The zero-order valence-corrected chi connectivity index (χ0v) is 12.3. The van der Waals surface area contributed by atoms with Crippen LogP contribution in [-0.2, 0) is 0 Å². The van der Waals surface area contributed by atoms with E-state index in [9.17, 15) is 0 Å². The Kier molecular flexibility index (Phi) is 3.01. The van der Waals surface area contributed by atoms with E-state index in [0.29, 0.717) is 5.69 Å². The van der Waals surface area contributed by atoms with Gasteiger partial charge in [-0.2, -0.15) is 5.10 Å². The molecule has 2 heterocycles. The van der Waals surface area contributed by atoms with Gasteiger partial charge in [0, 0.05) is 28.9 Å². The van der Waals surface area contributed by atoms with Crippen molar-refractivity contribution in [3.05, 3.63) is 30.1 Å². The van der Waals surface area contributed by atoms with Gasteiger partial charge in [-0.05, 0) is 32.9 Å². The first kappa shape index (κ1) is 13.4. The molecule has 0 aliphatic heterocycles. The van der Waals surface area contributed by atoms with E-state index in [4.69, 9.17) is 11.5 Å². The number of benzene rings is 1. The Bertz CT molecular complexity index is 818. The molecule has 0 amide bonds. The van der Waals surface area contributed by atoms with Crippen molar-refractivity contribution in [2.75, 3.05) is 11.5 Å². The average molecular weight is 282 g/mol. The molecule has 0 saturated heterocycles. The highest BCUT2D eigenvalue weighted by molar-refractivity contribution is 6.01. The number of nitrogens with two attached hydrogens (primary N) is 2. The minimum atomic E-state index is 0.236. The highest BCUT2D eigenvalue weighted by Gasteiger charge is 2.16. The van der Waals surface area contributed by atoms with Gasteiger partial charge in [-0.1, -0.05) is 6.07 Å². The molecule has 6 heteroatoms. The van der Waals surface area contributed by atoms with Gasteiger partial charge in [0.25, 0.3) is 0 Å². The van der Waals surface area contributed by atoms with Gasteiger partial charge in [-0.25, -0.2) is 9.97 Å². The predicted molar refractivity (Wildman–Crippen MR) is 84.7 cm³/mol. The Hall–Kier alpha value is -2.63. The molecular weight excluding hydrogens is 264 g/mol. The van der Waals surface area contributed by atoms with Crippen molar-refractivity contribution in [1.29, 1.82) is 0 Å². The molecule has 0 unspecified atom stereocenters. The fourth-order valence-electron chi connectivity index (χ4n) is 2.40. The molecule has 0 aliphatic carbocycles. The van der Waals surface area contributed by atoms with Gasteiger partial charge in [0.2, 0.25) is 5.95 Å². The maximum atomic E-state index is 6.11. The number of nitrogen functional groups attached to an aromatic ring is 2. The van der Waals surface area contributed by atoms with Gasteiger partial charge in [0.05, 0.1) is 16.9 Å². The maximum absolute atomic E-state index is 6.11. The fraction of sp³-hybridized carbons (Fsp3) is 0.267. The van der Waals surface area contributed by atoms with Crippen LogP contribution < -0.4 is 11.5 Å². The third-order valence-corrected chi connectivity index (χ3v) is 3.47. The summed E-state index contributed by atoms with van der Waals surface area (Å²) in [6.45, 7) is 6.12. The van der Waals surface area contributed by atoms with Crippen molar-refractivity contribution in [3.63, 3.8) is 0 Å². The molecule has 0 radical (unpaired) electrons. The summed E-state index contributed by atoms with van der Waals surface area (Å²) in [5, 5.41) is 5.34. The topological polar surface area (TPSA) is 95.6 Å². The van der Waals surface area contributed by atoms with Crippen molar-refractivity contribution in [1.82, 2.24) is 19.7 Å². The van der Waals surface area contributed by atoms with Gasteiger partial charge >= 0.3 is 0 Å². The molecule has 0 aliphatic rings. The van der Waals surface area contributed by atoms with Gasteiger partial charge in [-0.15, -0.1) is 0 Å². The number of nitrogens with zero attached hydrogens (tertiary/aromatic N) is 4. The number of aryl methyl sites for hydroxylation is 1. The van der Waals surface area contributed by atoms with Crippen LogP contribution in [0.3, 0.4) is 0 Å². The summed E-state index contributed by atoms with van der Waals surface area (Å²) < 4.78 is 1.91. The first-order valence-corrected chi connectivity index (χ1v) is 6.85. The van der Waals surface area contributed by atoms with Crippen LogP contribution in [0, 0.1) is 6.92 Å². The van der Waals surface area contributed by atoms with E-state index in [1.807, 2.05) is 36.0 Å². The minimum Gasteiger partial charge on any atom is -0.398 e. The summed E-state index contributed by atoms with van der Waals surface area (Å²) in [6, 6.07) is 5.86. The van der Waals surface area contributed by atoms with Crippen LogP contribution in [0.25, 0.3) is 22.2 Å². The number of hydrogen-bond acceptors (Lipinski definition) is 5. The van der Waals surface area contributed by atoms with Crippen molar-refractivity contribution in [2.45, 2.75) is 26.8 Å². The summed E-state index contributed by atoms with van der Waals surface area (Å²) in [6.07, 6.45) is 1.98. The zero-order valence-electron chi connectivity index (χ0n) is 12.3. The lowest BCUT2D eigenvalue weighted by Gasteiger charge is -2.08. The average Bonchev–Trinajstić information content (AvgIpc) is 2.80. The van der Waals surface area contributed by atoms with E-state index in [2.05, 4.69) is 28.9 Å². The SMILES string of the molecule is Cc1nn(C(C)C)cc1-c1nc(N)nc2cccc(N)c12. The van der Waals surface area contributed by atoms with Gasteiger partial charge in [-0.3, -0.25) is 4.68 Å². The lowest BCUT2D eigenvalue weighted by atomic mass is 10.1. The molecule has 3 aromatic rings. The van der Waals surface area contributed by atoms with Crippen LogP contribution in [0.1, 0.15) is 25.6 Å². The minimum absolute atomic E-state index is 0.236. The molecule has 0 spiro atoms. The Morgan fingerprint density at radius 2 is 1.90 bits per heavy atom. The fourth-order valence-corrected chi connectivity index (χ4v) is 2.40. The van der Waals surface area contributed by atoms with E-state index >= 15 is 0 Å². The van der Waals surface area contributed by atoms with Crippen molar-refractivity contribution in [3.8, 4) is 11.3 Å². The second kappa shape index (κ2) is 4.73. The lowest BCUT2D eigenvalue weighted by Crippen LogP contribution is -2.01. The molecule has 0 fully saturated rings. The first-order valence-electron chi connectivity index (χ1n) is 6.85. The molecule has 4 N–H and O–H groups in total. The molecule has 0 bridgehead atoms. The van der Waals surface area contributed by atoms with Gasteiger partial charge in [0.15, 0.2) is 0 Å². The highest BCUT2D eigenvalue weighted by atomic mass is 15.3. The van der Waals surface area contributed by atoms with Crippen LogP contribution in [0.4, 0.5) is 11.6 Å². The molecule has 108 valence electrons. The molecule has 2 aromatic heterocycles. The summed E-state index contributed by atoms with van der Waals surface area (Å²) >= 11 is 0. The predicted octanol–water partition coefficient (Wildman–Crippen LogP) is 2.55. The maximum Gasteiger partial charge on any atom is 0.221 e. The number of anilines is 2. The standard InChI is InChI=1S/C15H18N6/c1-8(2)21-7-10(9(3)20-21)14-13-11(16)5-4-6-12(13)18-15(17)19-14/h4-8H,16H2,1-3H3,(H2,17,18,19). The summed E-state index contributed by atoms with van der Waals surface area (Å²) in [5.41, 5.74) is 15.9. The molecule has 1 aromatic carbocycles. The largest absolute Gasteiger partial charge is 0.398 e. The van der Waals surface area contributed by atoms with Gasteiger partial charge < -0.3 is 11.5 Å². The number of rotatable bonds is 2. The number of hydrogen-bond donors (Lipinski definition) is 2. The highest BCUT2D eigenvalue weighted by Crippen LogP contribution is 2.32. The van der Waals surface area contributed by atoms with E-state index in [-0.39, 0.29) is 12.0 Å². The van der Waals surface area contributed by atoms with Crippen molar-refractivity contribution in [2.24, 2.45) is 0 Å². The molecule has 3 rings (SSSR count). The van der Waals surface area contributed by atoms with Crippen LogP contribution >= 0.6 is 0 Å². The van der Waals surface area contributed by atoms with Crippen molar-refractivity contribution < 1.29 is 0 Å². The monoisotopic (exact) mass is 282 g/mol. The summed E-state index contributed by atoms with van der Waals surface area (Å²) in [7, 11) is 0. The second-order valence-electron chi connectivity index (χ2n) is 5.37. The van der Waals surface area contributed by atoms with E-state index < -0.39 is 0 Å². The number of aromatic nitrogens is 4. The molecular formula is C15H18N6. The first-order chi connectivity index (χ1) is 9.97. The second-order valence-corrected chi connectivity index (χ2v) is 5.37. The van der Waals surface area contributed by atoms with Crippen LogP contribution in [0.15, 0.2) is 24.4 Å². The van der Waals surface area contributed by atoms with E-state index in [1.54, 1.807) is 0 Å². The molecule has 6 nitrogen and oxygen atoms in total. The third-order valence-electron chi connectivity index (χ3n) is 3.47. The van der Waals surface area contributed by atoms with Crippen molar-refractivity contribution >= 4 is 22.5 Å². The normalized spacial score (nSPS) is 11.4. The summed E-state index contributed by atoms with van der Waals surface area (Å²) in [4.78, 5) is 8.65. The summed E-state index contributed by atoms with van der Waals surface area (Å²) in [5.74, 6) is 0.236. The Morgan fingerprint density at radius 3 is 2.57 bits per heavy atom. The Morgan fingerprint density at radius 1 is 1.14 bits per heavy atom. The lowest BCUT2D eigenvalue weighted by molar-refractivity contribution is 0.529. The smallest absolute Gasteiger partial charge is 0.221 e. The van der Waals surface area contributed by atoms with Crippen LogP contribution in [0.5, 0.6) is 0 Å². The van der Waals surface area contributed by atoms with Crippen LogP contribution in [-0.4, -0.2) is 19.7 Å². The van der Waals surface area contributed by atoms with Crippen LogP contribution in [0.2, 0.25) is 0 Å². The number of fused-ring (bicyclic) bond motifs is 1. The third kappa shape index (κ3) is 2.18. The molecule has 0 saturated carbocycles. The van der Waals surface area contributed by atoms with Gasteiger partial charge in [0.1, 0.15) is 0 Å².